The lowest BCUT2D eigenvalue weighted by molar-refractivity contribution is 0.585. The molecule has 0 nitrogen and oxygen atoms in total. The minimum absolute atomic E-state index is 0.796. The van der Waals surface area contributed by atoms with E-state index in [1.54, 1.807) is 0 Å². The molecular formula is C14H15Br. The van der Waals surface area contributed by atoms with Crippen LogP contribution < -0.4 is 0 Å². The van der Waals surface area contributed by atoms with Crippen molar-refractivity contribution in [2.75, 3.05) is 0 Å². The van der Waals surface area contributed by atoms with Crippen LogP contribution in [-0.2, 0) is 5.33 Å². The van der Waals surface area contributed by atoms with Crippen molar-refractivity contribution in [3.8, 4) is 0 Å². The predicted molar refractivity (Wildman–Crippen MR) is 67.2 cm³/mol. The molecule has 1 fully saturated rings. The Morgan fingerprint density at radius 3 is 2.40 bits per heavy atom. The number of halogens is 1. The van der Waals surface area contributed by atoms with Gasteiger partial charge in [0.15, 0.2) is 0 Å². The molecule has 1 aromatic carbocycles. The van der Waals surface area contributed by atoms with Crippen LogP contribution in [0.25, 0.3) is 0 Å². The second kappa shape index (κ2) is 3.79. The Balaban J connectivity index is 1.84. The Labute approximate surface area is 99.5 Å². The van der Waals surface area contributed by atoms with Crippen molar-refractivity contribution in [2.24, 2.45) is 11.8 Å². The van der Waals surface area contributed by atoms with Crippen LogP contribution in [0, 0.1) is 11.8 Å². The Morgan fingerprint density at radius 1 is 1.07 bits per heavy atom. The number of rotatable bonds is 2. The van der Waals surface area contributed by atoms with Crippen LogP contribution in [-0.4, -0.2) is 0 Å². The van der Waals surface area contributed by atoms with E-state index in [2.05, 4.69) is 52.3 Å². The largest absolute Gasteiger partial charge is 0.0876 e. The molecule has 2 bridgehead atoms. The summed E-state index contributed by atoms with van der Waals surface area (Å²) in [4.78, 5) is 0. The second-order valence-corrected chi connectivity index (χ2v) is 5.32. The summed E-state index contributed by atoms with van der Waals surface area (Å²) >= 11 is 3.49. The topological polar surface area (TPSA) is 0 Å². The fourth-order valence-electron chi connectivity index (χ4n) is 3.02. The van der Waals surface area contributed by atoms with E-state index < -0.39 is 0 Å². The highest BCUT2D eigenvalue weighted by atomic mass is 79.9. The summed E-state index contributed by atoms with van der Waals surface area (Å²) in [5.41, 5.74) is 2.91. The van der Waals surface area contributed by atoms with Crippen LogP contribution in [0.4, 0.5) is 0 Å². The van der Waals surface area contributed by atoms with Gasteiger partial charge in [-0.2, -0.15) is 0 Å². The molecule has 1 saturated carbocycles. The van der Waals surface area contributed by atoms with Gasteiger partial charge in [0.1, 0.15) is 0 Å². The van der Waals surface area contributed by atoms with Gasteiger partial charge in [-0.25, -0.2) is 0 Å². The van der Waals surface area contributed by atoms with Crippen LogP contribution in [0.2, 0.25) is 0 Å². The SMILES string of the molecule is BrCc1ccc([C@H]2C[C@@H]3C=C[C@H]2C3)cc1. The Hall–Kier alpha value is -0.560. The van der Waals surface area contributed by atoms with Crippen molar-refractivity contribution >= 4 is 15.9 Å². The van der Waals surface area contributed by atoms with E-state index in [4.69, 9.17) is 0 Å². The van der Waals surface area contributed by atoms with Gasteiger partial charge in [0, 0.05) is 5.33 Å². The maximum atomic E-state index is 3.49. The van der Waals surface area contributed by atoms with Crippen molar-refractivity contribution in [3.63, 3.8) is 0 Å². The first-order chi connectivity index (χ1) is 7.36. The van der Waals surface area contributed by atoms with E-state index in [0.29, 0.717) is 0 Å². The first-order valence-corrected chi connectivity index (χ1v) is 6.82. The Kier molecular flexibility index (Phi) is 2.44. The van der Waals surface area contributed by atoms with Crippen LogP contribution in [0.1, 0.15) is 29.9 Å². The third-order valence-electron chi connectivity index (χ3n) is 3.84. The van der Waals surface area contributed by atoms with Crippen LogP contribution >= 0.6 is 15.9 Å². The molecule has 0 radical (unpaired) electrons. The van der Waals surface area contributed by atoms with E-state index in [1.807, 2.05) is 0 Å². The van der Waals surface area contributed by atoms with Crippen molar-refractivity contribution in [1.29, 1.82) is 0 Å². The monoisotopic (exact) mass is 262 g/mol. The fourth-order valence-corrected chi connectivity index (χ4v) is 3.39. The van der Waals surface area contributed by atoms with Crippen molar-refractivity contribution in [2.45, 2.75) is 24.1 Å². The lowest BCUT2D eigenvalue weighted by atomic mass is 9.87. The zero-order valence-corrected chi connectivity index (χ0v) is 10.3. The minimum atomic E-state index is 0.796. The average Bonchev–Trinajstić information content (AvgIpc) is 2.91. The molecule has 0 aliphatic heterocycles. The summed E-state index contributed by atoms with van der Waals surface area (Å²) in [7, 11) is 0. The van der Waals surface area contributed by atoms with E-state index >= 15 is 0 Å². The molecule has 0 heterocycles. The number of alkyl halides is 1. The van der Waals surface area contributed by atoms with Gasteiger partial charge in [-0.05, 0) is 41.7 Å². The lowest BCUT2D eigenvalue weighted by Crippen LogP contribution is -2.04. The Morgan fingerprint density at radius 2 is 1.87 bits per heavy atom. The smallest absolute Gasteiger partial charge is 0.0283 e. The molecule has 0 N–H and O–H groups in total. The van der Waals surface area contributed by atoms with E-state index in [-0.39, 0.29) is 0 Å². The van der Waals surface area contributed by atoms with Gasteiger partial charge in [0.05, 0.1) is 0 Å². The predicted octanol–water partition coefficient (Wildman–Crippen LogP) is 4.26. The van der Waals surface area contributed by atoms with Gasteiger partial charge in [0.2, 0.25) is 0 Å². The third kappa shape index (κ3) is 1.67. The standard InChI is InChI=1S/C14H15Br/c15-9-10-1-4-12(5-2-10)14-8-11-3-6-13(14)7-11/h1-6,11,13-14H,7-9H2/t11-,13+,14-/m1/s1. The highest BCUT2D eigenvalue weighted by Crippen LogP contribution is 2.48. The first kappa shape index (κ1) is 9.65. The number of allylic oxidation sites excluding steroid dienone is 2. The van der Waals surface area contributed by atoms with E-state index in [0.717, 1.165) is 23.1 Å². The van der Waals surface area contributed by atoms with Gasteiger partial charge in [-0.15, -0.1) is 0 Å². The van der Waals surface area contributed by atoms with E-state index in [9.17, 15) is 0 Å². The summed E-state index contributed by atoms with van der Waals surface area (Å²) in [6.45, 7) is 0. The summed E-state index contributed by atoms with van der Waals surface area (Å²) in [6.07, 6.45) is 7.60. The first-order valence-electron chi connectivity index (χ1n) is 5.70. The quantitative estimate of drug-likeness (QED) is 0.552. The fraction of sp³-hybridized carbons (Fsp3) is 0.429. The Bertz CT molecular complexity index is 377. The number of fused-ring (bicyclic) bond motifs is 2. The number of hydrogen-bond acceptors (Lipinski definition) is 0. The normalized spacial score (nSPS) is 32.5. The lowest BCUT2D eigenvalue weighted by Gasteiger charge is -2.18. The average molecular weight is 263 g/mol. The highest BCUT2D eigenvalue weighted by molar-refractivity contribution is 9.08. The van der Waals surface area contributed by atoms with Gasteiger partial charge in [-0.3, -0.25) is 0 Å². The minimum Gasteiger partial charge on any atom is -0.0876 e. The van der Waals surface area contributed by atoms with Gasteiger partial charge in [0.25, 0.3) is 0 Å². The molecule has 2 aliphatic rings. The molecule has 1 heteroatoms. The van der Waals surface area contributed by atoms with Crippen molar-refractivity contribution < 1.29 is 0 Å². The second-order valence-electron chi connectivity index (χ2n) is 4.76. The number of hydrogen-bond donors (Lipinski definition) is 0. The van der Waals surface area contributed by atoms with Gasteiger partial charge < -0.3 is 0 Å². The maximum Gasteiger partial charge on any atom is 0.0283 e. The van der Waals surface area contributed by atoms with Gasteiger partial charge >= 0.3 is 0 Å². The summed E-state index contributed by atoms with van der Waals surface area (Å²) in [5, 5.41) is 0.962. The summed E-state index contributed by atoms with van der Waals surface area (Å²) in [5.74, 6) is 2.49. The third-order valence-corrected chi connectivity index (χ3v) is 4.49. The molecule has 0 amide bonds. The van der Waals surface area contributed by atoms with E-state index in [1.165, 1.54) is 24.0 Å². The molecule has 0 unspecified atom stereocenters. The molecule has 2 aliphatic carbocycles. The molecule has 3 atom stereocenters. The summed E-state index contributed by atoms with van der Waals surface area (Å²) < 4.78 is 0. The molecule has 0 aromatic heterocycles. The molecule has 0 saturated heterocycles. The van der Waals surface area contributed by atoms with Gasteiger partial charge in [-0.1, -0.05) is 52.3 Å². The van der Waals surface area contributed by atoms with Crippen LogP contribution in [0.3, 0.4) is 0 Å². The number of benzene rings is 1. The van der Waals surface area contributed by atoms with Crippen molar-refractivity contribution in [1.82, 2.24) is 0 Å². The van der Waals surface area contributed by atoms with Crippen LogP contribution in [0.5, 0.6) is 0 Å². The highest BCUT2D eigenvalue weighted by Gasteiger charge is 2.36. The summed E-state index contributed by atoms with van der Waals surface area (Å²) in [6, 6.07) is 9.13. The molecule has 78 valence electrons. The molecule has 1 aromatic rings. The van der Waals surface area contributed by atoms with Crippen molar-refractivity contribution in [3.05, 3.63) is 47.5 Å². The maximum absolute atomic E-state index is 3.49. The molecular weight excluding hydrogens is 248 g/mol. The molecule has 3 rings (SSSR count). The van der Waals surface area contributed by atoms with Crippen LogP contribution in [0.15, 0.2) is 36.4 Å². The molecule has 15 heavy (non-hydrogen) atoms. The molecule has 0 spiro atoms. The zero-order valence-electron chi connectivity index (χ0n) is 8.70. The zero-order chi connectivity index (χ0) is 10.3.